The van der Waals surface area contributed by atoms with E-state index in [9.17, 15) is 19.1 Å². The molecule has 0 aliphatic heterocycles. The lowest BCUT2D eigenvalue weighted by molar-refractivity contribution is -0.682. The van der Waals surface area contributed by atoms with Gasteiger partial charge in [0.1, 0.15) is 11.9 Å². The molecule has 24 heavy (non-hydrogen) atoms. The van der Waals surface area contributed by atoms with Crippen molar-refractivity contribution in [2.75, 3.05) is 11.9 Å². The average molecular weight is 330 g/mol. The molecule has 0 fully saturated rings. The number of aliphatic carboxylic acids is 1. The van der Waals surface area contributed by atoms with Crippen LogP contribution in [0.25, 0.3) is 0 Å². The van der Waals surface area contributed by atoms with Gasteiger partial charge in [-0.2, -0.15) is 0 Å². The predicted molar refractivity (Wildman–Crippen MR) is 85.4 cm³/mol. The molecule has 0 saturated heterocycles. The van der Waals surface area contributed by atoms with Crippen LogP contribution in [0.1, 0.15) is 12.0 Å². The molecule has 0 bridgehead atoms. The molecule has 0 saturated carbocycles. The Morgan fingerprint density at radius 3 is 2.38 bits per heavy atom. The van der Waals surface area contributed by atoms with Gasteiger partial charge in [-0.25, -0.2) is 4.39 Å². The monoisotopic (exact) mass is 330 g/mol. The summed E-state index contributed by atoms with van der Waals surface area (Å²) in [4.78, 5) is 23.1. The summed E-state index contributed by atoms with van der Waals surface area (Å²) in [6, 6.07) is 14.0. The average Bonchev–Trinajstić information content (AvgIpc) is 2.57. The molecule has 6 heteroatoms. The van der Waals surface area contributed by atoms with Crippen LogP contribution >= 0.6 is 0 Å². The van der Waals surface area contributed by atoms with E-state index in [1.165, 1.54) is 24.3 Å². The smallest absolute Gasteiger partial charge is 0.230 e. The van der Waals surface area contributed by atoms with E-state index in [0.717, 1.165) is 5.56 Å². The number of quaternary nitrogens is 1. The normalized spacial score (nSPS) is 11.7. The van der Waals surface area contributed by atoms with Crippen LogP contribution in [0, 0.1) is 5.82 Å². The van der Waals surface area contributed by atoms with Gasteiger partial charge in [-0.15, -0.1) is 0 Å². The zero-order valence-corrected chi connectivity index (χ0v) is 13.1. The minimum absolute atomic E-state index is 0.214. The van der Waals surface area contributed by atoms with Gasteiger partial charge in [-0.05, 0) is 29.8 Å². The van der Waals surface area contributed by atoms with Gasteiger partial charge in [0.05, 0.1) is 18.9 Å². The van der Waals surface area contributed by atoms with E-state index >= 15 is 0 Å². The van der Waals surface area contributed by atoms with Crippen LogP contribution in [0.3, 0.4) is 0 Å². The zero-order chi connectivity index (χ0) is 17.4. The minimum Gasteiger partial charge on any atom is -0.544 e. The number of anilines is 1. The van der Waals surface area contributed by atoms with Crippen molar-refractivity contribution in [2.24, 2.45) is 0 Å². The van der Waals surface area contributed by atoms with Gasteiger partial charge in [0.2, 0.25) is 5.91 Å². The van der Waals surface area contributed by atoms with E-state index in [1.54, 1.807) is 5.32 Å². The second kappa shape index (κ2) is 8.79. The van der Waals surface area contributed by atoms with E-state index < -0.39 is 23.7 Å². The van der Waals surface area contributed by atoms with Gasteiger partial charge < -0.3 is 20.5 Å². The minimum atomic E-state index is -1.28. The van der Waals surface area contributed by atoms with Crippen LogP contribution in [0.4, 0.5) is 10.1 Å². The highest BCUT2D eigenvalue weighted by molar-refractivity contribution is 5.93. The molecule has 0 aromatic heterocycles. The lowest BCUT2D eigenvalue weighted by atomic mass is 10.1. The highest BCUT2D eigenvalue weighted by atomic mass is 19.1. The summed E-state index contributed by atoms with van der Waals surface area (Å²) in [6.07, 6.45) is 0.485. The molecule has 0 heterocycles. The van der Waals surface area contributed by atoms with Crippen LogP contribution < -0.4 is 15.7 Å². The molecular formula is C18H19FN2O3. The first-order valence-electron chi connectivity index (χ1n) is 7.68. The van der Waals surface area contributed by atoms with Crippen LogP contribution in [-0.2, 0) is 16.0 Å². The van der Waals surface area contributed by atoms with Gasteiger partial charge in [-0.1, -0.05) is 30.3 Å². The number of nitrogens with two attached hydrogens (primary N) is 1. The third-order valence-corrected chi connectivity index (χ3v) is 3.56. The number of hydrogen-bond donors (Lipinski definition) is 2. The molecular weight excluding hydrogens is 311 g/mol. The maximum atomic E-state index is 12.8. The first-order chi connectivity index (χ1) is 11.5. The fraction of sp³-hybridized carbons (Fsp3) is 0.222. The number of halogens is 1. The maximum Gasteiger partial charge on any atom is 0.230 e. The Balaban J connectivity index is 1.82. The summed E-state index contributed by atoms with van der Waals surface area (Å²) in [5, 5.41) is 15.3. The molecule has 0 spiro atoms. The Kier molecular flexibility index (Phi) is 6.45. The molecule has 2 rings (SSSR count). The SMILES string of the molecule is O=C(C[C@@H]([NH2+]CCc1ccccc1)C(=O)[O-])Nc1ccc(F)cc1. The molecule has 3 N–H and O–H groups in total. The van der Waals surface area contributed by atoms with Crippen LogP contribution in [0.2, 0.25) is 0 Å². The number of benzene rings is 2. The van der Waals surface area contributed by atoms with Crippen LogP contribution in [0.5, 0.6) is 0 Å². The number of carboxylic acids is 1. The van der Waals surface area contributed by atoms with Crippen molar-refractivity contribution in [1.82, 2.24) is 0 Å². The summed E-state index contributed by atoms with van der Waals surface area (Å²) >= 11 is 0. The summed E-state index contributed by atoms with van der Waals surface area (Å²) in [7, 11) is 0. The number of carbonyl (C=O) groups excluding carboxylic acids is 2. The van der Waals surface area contributed by atoms with Crippen molar-refractivity contribution < 1.29 is 24.4 Å². The molecule has 2 aromatic rings. The number of amides is 1. The quantitative estimate of drug-likeness (QED) is 0.719. The molecule has 0 radical (unpaired) electrons. The van der Waals surface area contributed by atoms with Gasteiger partial charge in [0.15, 0.2) is 0 Å². The molecule has 0 aliphatic rings. The molecule has 2 aromatic carbocycles. The zero-order valence-electron chi connectivity index (χ0n) is 13.1. The number of carboxylic acid groups (broad SMARTS) is 1. The third-order valence-electron chi connectivity index (χ3n) is 3.56. The summed E-state index contributed by atoms with van der Waals surface area (Å²) < 4.78 is 12.8. The van der Waals surface area contributed by atoms with E-state index in [1.807, 2.05) is 30.3 Å². The second-order valence-corrected chi connectivity index (χ2v) is 5.44. The largest absolute Gasteiger partial charge is 0.544 e. The summed E-state index contributed by atoms with van der Waals surface area (Å²) in [6.45, 7) is 0.534. The first-order valence-corrected chi connectivity index (χ1v) is 7.68. The number of rotatable bonds is 8. The molecule has 126 valence electrons. The molecule has 1 amide bonds. The lowest BCUT2D eigenvalue weighted by Crippen LogP contribution is -2.93. The van der Waals surface area contributed by atoms with E-state index in [4.69, 9.17) is 0 Å². The van der Waals surface area contributed by atoms with Gasteiger partial charge in [-0.3, -0.25) is 4.79 Å². The molecule has 0 aliphatic carbocycles. The second-order valence-electron chi connectivity index (χ2n) is 5.44. The van der Waals surface area contributed by atoms with Crippen molar-refractivity contribution in [1.29, 1.82) is 0 Å². The fourth-order valence-electron chi connectivity index (χ4n) is 2.30. The fourth-order valence-corrected chi connectivity index (χ4v) is 2.30. The molecule has 1 atom stereocenters. The third kappa shape index (κ3) is 5.81. The maximum absolute atomic E-state index is 12.8. The van der Waals surface area contributed by atoms with Crippen molar-refractivity contribution in [3.05, 3.63) is 66.0 Å². The van der Waals surface area contributed by atoms with Gasteiger partial charge >= 0.3 is 0 Å². The van der Waals surface area contributed by atoms with Gasteiger partial charge in [0.25, 0.3) is 0 Å². The Morgan fingerprint density at radius 2 is 1.75 bits per heavy atom. The highest BCUT2D eigenvalue weighted by Crippen LogP contribution is 2.08. The molecule has 0 unspecified atom stereocenters. The van der Waals surface area contributed by atoms with Crippen LogP contribution in [-0.4, -0.2) is 24.5 Å². The molecule has 5 nitrogen and oxygen atoms in total. The first kappa shape index (κ1) is 17.6. The highest BCUT2D eigenvalue weighted by Gasteiger charge is 2.18. The van der Waals surface area contributed by atoms with Crippen molar-refractivity contribution in [3.63, 3.8) is 0 Å². The van der Waals surface area contributed by atoms with Gasteiger partial charge in [0, 0.05) is 12.1 Å². The van der Waals surface area contributed by atoms with Crippen molar-refractivity contribution in [3.8, 4) is 0 Å². The van der Waals surface area contributed by atoms with Crippen molar-refractivity contribution in [2.45, 2.75) is 18.9 Å². The Labute approximate surface area is 139 Å². The Hall–Kier alpha value is -2.73. The van der Waals surface area contributed by atoms with E-state index in [-0.39, 0.29) is 6.42 Å². The predicted octanol–water partition coefficient (Wildman–Crippen LogP) is 0.0789. The van der Waals surface area contributed by atoms with Crippen molar-refractivity contribution >= 4 is 17.6 Å². The standard InChI is InChI=1S/C18H19FN2O3/c19-14-6-8-15(9-7-14)21-17(22)12-16(18(23)24)20-11-10-13-4-2-1-3-5-13/h1-9,16,20H,10-12H2,(H,21,22)(H,23,24)/t16-/m1/s1. The summed E-state index contributed by atoms with van der Waals surface area (Å²) in [5.74, 6) is -2.14. The Bertz CT molecular complexity index is 674. The van der Waals surface area contributed by atoms with E-state index in [0.29, 0.717) is 18.7 Å². The number of hydrogen-bond acceptors (Lipinski definition) is 3. The number of carbonyl (C=O) groups is 2. The summed E-state index contributed by atoms with van der Waals surface area (Å²) in [5.41, 5.74) is 1.52. The topological polar surface area (TPSA) is 85.8 Å². The number of nitrogens with one attached hydrogen (secondary N) is 1. The lowest BCUT2D eigenvalue weighted by Gasteiger charge is -2.16. The van der Waals surface area contributed by atoms with E-state index in [2.05, 4.69) is 5.32 Å². The van der Waals surface area contributed by atoms with Crippen LogP contribution in [0.15, 0.2) is 54.6 Å². The Morgan fingerprint density at radius 1 is 1.08 bits per heavy atom.